The highest BCUT2D eigenvalue weighted by atomic mass is 16.4. The minimum absolute atomic E-state index is 0.0431. The first kappa shape index (κ1) is 13.8. The number of amides is 1. The van der Waals surface area contributed by atoms with E-state index in [0.717, 1.165) is 15.9 Å². The van der Waals surface area contributed by atoms with Crippen molar-refractivity contribution in [1.82, 2.24) is 24.9 Å². The van der Waals surface area contributed by atoms with Gasteiger partial charge in [-0.05, 0) is 6.92 Å². The lowest BCUT2D eigenvalue weighted by atomic mass is 10.2. The number of carbonyl (C=O) groups is 2. The third-order valence-corrected chi connectivity index (χ3v) is 3.16. The summed E-state index contributed by atoms with van der Waals surface area (Å²) in [7, 11) is 3.29. The maximum absolute atomic E-state index is 12.0. The second kappa shape index (κ2) is 5.16. The predicted octanol–water partition coefficient (Wildman–Crippen LogP) is 0.0902. The first-order chi connectivity index (χ1) is 9.41. The van der Waals surface area contributed by atoms with Crippen molar-refractivity contribution in [2.75, 3.05) is 0 Å². The van der Waals surface area contributed by atoms with Gasteiger partial charge in [0.2, 0.25) is 0 Å². The van der Waals surface area contributed by atoms with Crippen LogP contribution in [0.25, 0.3) is 0 Å². The molecule has 0 fully saturated rings. The van der Waals surface area contributed by atoms with Crippen molar-refractivity contribution in [2.45, 2.75) is 13.5 Å². The van der Waals surface area contributed by atoms with Crippen LogP contribution in [0.15, 0.2) is 12.4 Å². The minimum atomic E-state index is -1.19. The van der Waals surface area contributed by atoms with Gasteiger partial charge in [-0.25, -0.2) is 4.79 Å². The molecule has 0 saturated heterocycles. The second-order valence-electron chi connectivity index (χ2n) is 4.40. The Bertz CT molecular complexity index is 671. The van der Waals surface area contributed by atoms with Crippen LogP contribution in [0.2, 0.25) is 0 Å². The smallest absolute Gasteiger partial charge is 0.354 e. The summed E-state index contributed by atoms with van der Waals surface area (Å²) < 4.78 is 2.86. The maximum Gasteiger partial charge on any atom is 0.354 e. The molecule has 8 heteroatoms. The van der Waals surface area contributed by atoms with Gasteiger partial charge in [0.05, 0.1) is 18.0 Å². The number of rotatable bonds is 4. The van der Waals surface area contributed by atoms with Gasteiger partial charge in [-0.15, -0.1) is 0 Å². The molecule has 0 atom stereocenters. The number of hydrogen-bond acceptors (Lipinski definition) is 4. The standard InChI is InChI=1S/C12H15N5O3/c1-7-8(5-14-16(7)2)4-13-11(18)9-6-15-17(3)10(9)12(19)20/h5-6H,4H2,1-3H3,(H,13,18)(H,19,20). The third kappa shape index (κ3) is 2.40. The van der Waals surface area contributed by atoms with Crippen LogP contribution in [0, 0.1) is 6.92 Å². The number of nitrogens with one attached hydrogen (secondary N) is 1. The zero-order valence-electron chi connectivity index (χ0n) is 11.4. The van der Waals surface area contributed by atoms with Crippen LogP contribution in [-0.2, 0) is 20.6 Å². The number of carboxylic acids is 1. The fourth-order valence-electron chi connectivity index (χ4n) is 1.85. The molecule has 0 aromatic carbocycles. The molecule has 2 rings (SSSR count). The van der Waals surface area contributed by atoms with Crippen molar-refractivity contribution in [3.8, 4) is 0 Å². The van der Waals surface area contributed by atoms with E-state index < -0.39 is 11.9 Å². The number of carboxylic acid groups (broad SMARTS) is 1. The Kier molecular flexibility index (Phi) is 3.55. The van der Waals surface area contributed by atoms with Gasteiger partial charge in [-0.2, -0.15) is 10.2 Å². The first-order valence-electron chi connectivity index (χ1n) is 5.92. The number of aryl methyl sites for hydroxylation is 2. The monoisotopic (exact) mass is 277 g/mol. The van der Waals surface area contributed by atoms with Crippen LogP contribution < -0.4 is 5.32 Å². The Morgan fingerprint density at radius 3 is 2.45 bits per heavy atom. The van der Waals surface area contributed by atoms with E-state index in [2.05, 4.69) is 15.5 Å². The van der Waals surface area contributed by atoms with Crippen molar-refractivity contribution in [3.63, 3.8) is 0 Å². The average Bonchev–Trinajstić information content (AvgIpc) is 2.92. The van der Waals surface area contributed by atoms with E-state index in [1.54, 1.807) is 10.9 Å². The van der Waals surface area contributed by atoms with Gasteiger partial charge in [0.15, 0.2) is 5.69 Å². The largest absolute Gasteiger partial charge is 0.477 e. The van der Waals surface area contributed by atoms with Gasteiger partial charge in [-0.1, -0.05) is 0 Å². The highest BCUT2D eigenvalue weighted by Crippen LogP contribution is 2.09. The van der Waals surface area contributed by atoms with Gasteiger partial charge in [0, 0.05) is 31.9 Å². The van der Waals surface area contributed by atoms with Gasteiger partial charge in [-0.3, -0.25) is 14.2 Å². The summed E-state index contributed by atoms with van der Waals surface area (Å²) in [6, 6.07) is 0. The minimum Gasteiger partial charge on any atom is -0.477 e. The van der Waals surface area contributed by atoms with E-state index in [4.69, 9.17) is 5.11 Å². The summed E-state index contributed by atoms with van der Waals surface area (Å²) in [5, 5.41) is 19.6. The van der Waals surface area contributed by atoms with E-state index in [-0.39, 0.29) is 17.8 Å². The molecule has 2 aromatic rings. The van der Waals surface area contributed by atoms with Crippen LogP contribution in [0.1, 0.15) is 32.1 Å². The molecule has 0 unspecified atom stereocenters. The van der Waals surface area contributed by atoms with E-state index in [0.29, 0.717) is 0 Å². The van der Waals surface area contributed by atoms with Crippen molar-refractivity contribution in [3.05, 3.63) is 34.9 Å². The fraction of sp³-hybridized carbons (Fsp3) is 0.333. The Morgan fingerprint density at radius 2 is 1.90 bits per heavy atom. The number of hydrogen-bond donors (Lipinski definition) is 2. The molecular weight excluding hydrogens is 262 g/mol. The van der Waals surface area contributed by atoms with Crippen molar-refractivity contribution >= 4 is 11.9 Å². The van der Waals surface area contributed by atoms with E-state index in [9.17, 15) is 9.59 Å². The first-order valence-corrected chi connectivity index (χ1v) is 5.92. The average molecular weight is 277 g/mol. The van der Waals surface area contributed by atoms with Crippen LogP contribution >= 0.6 is 0 Å². The highest BCUT2D eigenvalue weighted by Gasteiger charge is 2.21. The number of aromatic carboxylic acids is 1. The molecule has 2 heterocycles. The lowest BCUT2D eigenvalue weighted by molar-refractivity contribution is 0.0679. The van der Waals surface area contributed by atoms with Gasteiger partial charge in [0.1, 0.15) is 0 Å². The van der Waals surface area contributed by atoms with Crippen molar-refractivity contribution < 1.29 is 14.7 Å². The molecule has 0 radical (unpaired) electrons. The Labute approximate surface area is 115 Å². The predicted molar refractivity (Wildman–Crippen MR) is 69.3 cm³/mol. The fourth-order valence-corrected chi connectivity index (χ4v) is 1.85. The molecule has 1 amide bonds. The third-order valence-electron chi connectivity index (χ3n) is 3.16. The molecule has 8 nitrogen and oxygen atoms in total. The molecule has 0 aliphatic heterocycles. The molecular formula is C12H15N5O3. The summed E-state index contributed by atoms with van der Waals surface area (Å²) in [4.78, 5) is 23.1. The normalized spacial score (nSPS) is 10.6. The number of nitrogens with zero attached hydrogens (tertiary/aromatic N) is 4. The summed E-state index contributed by atoms with van der Waals surface area (Å²) in [5.41, 5.74) is 1.73. The molecule has 0 bridgehead atoms. The van der Waals surface area contributed by atoms with E-state index in [1.807, 2.05) is 14.0 Å². The van der Waals surface area contributed by atoms with Crippen molar-refractivity contribution in [2.24, 2.45) is 14.1 Å². The lowest BCUT2D eigenvalue weighted by Gasteiger charge is -2.05. The Hall–Kier alpha value is -2.64. The zero-order chi connectivity index (χ0) is 14.9. The van der Waals surface area contributed by atoms with Crippen molar-refractivity contribution in [1.29, 1.82) is 0 Å². The van der Waals surface area contributed by atoms with Crippen LogP contribution in [0.4, 0.5) is 0 Å². The molecule has 0 aliphatic rings. The van der Waals surface area contributed by atoms with E-state index in [1.165, 1.54) is 13.2 Å². The molecule has 2 aromatic heterocycles. The summed E-state index contributed by atoms with van der Waals surface area (Å²) in [6.07, 6.45) is 2.91. The zero-order valence-corrected chi connectivity index (χ0v) is 11.4. The van der Waals surface area contributed by atoms with Gasteiger partial charge in [0.25, 0.3) is 5.91 Å². The van der Waals surface area contributed by atoms with Crippen LogP contribution in [-0.4, -0.2) is 36.5 Å². The Balaban J connectivity index is 2.13. The topological polar surface area (TPSA) is 102 Å². The summed E-state index contributed by atoms with van der Waals surface area (Å²) >= 11 is 0. The van der Waals surface area contributed by atoms with Crippen LogP contribution in [0.3, 0.4) is 0 Å². The summed E-state index contributed by atoms with van der Waals surface area (Å²) in [5.74, 6) is -1.66. The molecule has 20 heavy (non-hydrogen) atoms. The molecule has 2 N–H and O–H groups in total. The quantitative estimate of drug-likeness (QED) is 0.824. The Morgan fingerprint density at radius 1 is 1.25 bits per heavy atom. The second-order valence-corrected chi connectivity index (χ2v) is 4.40. The summed E-state index contributed by atoms with van der Waals surface area (Å²) in [6.45, 7) is 2.17. The van der Waals surface area contributed by atoms with Gasteiger partial charge < -0.3 is 10.4 Å². The molecule has 0 spiro atoms. The molecule has 106 valence electrons. The lowest BCUT2D eigenvalue weighted by Crippen LogP contribution is -2.25. The van der Waals surface area contributed by atoms with Gasteiger partial charge >= 0.3 is 5.97 Å². The maximum atomic E-state index is 12.0. The van der Waals surface area contributed by atoms with E-state index >= 15 is 0 Å². The van der Waals surface area contributed by atoms with Crippen LogP contribution in [0.5, 0.6) is 0 Å². The number of carbonyl (C=O) groups excluding carboxylic acids is 1. The molecule has 0 aliphatic carbocycles. The number of aromatic nitrogens is 4. The SMILES string of the molecule is Cc1c(CNC(=O)c2cnn(C)c2C(=O)O)cnn1C. The molecule has 0 saturated carbocycles. The highest BCUT2D eigenvalue weighted by molar-refractivity contribution is 6.03.